The van der Waals surface area contributed by atoms with Gasteiger partial charge in [0.1, 0.15) is 0 Å². The van der Waals surface area contributed by atoms with Crippen LogP contribution in [0.1, 0.15) is 47.0 Å². The third-order valence-corrected chi connectivity index (χ3v) is 6.19. The summed E-state index contributed by atoms with van der Waals surface area (Å²) in [5.41, 5.74) is 11.6. The Kier molecular flexibility index (Phi) is 9.86. The smallest absolute Gasteiger partial charge is 0.374 e. The van der Waals surface area contributed by atoms with E-state index in [1.807, 2.05) is 27.7 Å². The summed E-state index contributed by atoms with van der Waals surface area (Å²) in [5, 5.41) is 0. The molecular formula is C13H32N2O3Si. The van der Waals surface area contributed by atoms with E-state index in [1.54, 1.807) is 0 Å². The summed E-state index contributed by atoms with van der Waals surface area (Å²) in [6.45, 7) is 10.5. The molecule has 0 aliphatic heterocycles. The Labute approximate surface area is 119 Å². The molecule has 0 heterocycles. The van der Waals surface area contributed by atoms with E-state index in [0.29, 0.717) is 26.4 Å². The Morgan fingerprint density at radius 2 is 1.42 bits per heavy atom. The van der Waals surface area contributed by atoms with E-state index in [9.17, 15) is 0 Å². The lowest BCUT2D eigenvalue weighted by Crippen LogP contribution is -2.46. The summed E-state index contributed by atoms with van der Waals surface area (Å²) in [6, 6.07) is 0.819. The van der Waals surface area contributed by atoms with Gasteiger partial charge in [-0.25, -0.2) is 0 Å². The van der Waals surface area contributed by atoms with Gasteiger partial charge in [-0.3, -0.25) is 0 Å². The van der Waals surface area contributed by atoms with Crippen LogP contribution in [0.3, 0.4) is 0 Å². The van der Waals surface area contributed by atoms with E-state index >= 15 is 0 Å². The van der Waals surface area contributed by atoms with Crippen molar-refractivity contribution in [3.05, 3.63) is 0 Å². The predicted octanol–water partition coefficient (Wildman–Crippen LogP) is 1.88. The second-order valence-corrected chi connectivity index (χ2v) is 7.76. The molecule has 0 aliphatic carbocycles. The van der Waals surface area contributed by atoms with Crippen LogP contribution in [0, 0.1) is 0 Å². The first-order valence-electron chi connectivity index (χ1n) is 7.36. The van der Waals surface area contributed by atoms with Crippen LogP contribution in [0.25, 0.3) is 0 Å². The maximum absolute atomic E-state index is 6.19. The minimum atomic E-state index is -2.51. The van der Waals surface area contributed by atoms with Crippen LogP contribution in [-0.4, -0.2) is 40.7 Å². The molecule has 0 rings (SSSR count). The Hall–Kier alpha value is 0.0169. The molecule has 0 aromatic heterocycles. The summed E-state index contributed by atoms with van der Waals surface area (Å²) in [7, 11) is -2.51. The fourth-order valence-electron chi connectivity index (χ4n) is 2.16. The van der Waals surface area contributed by atoms with E-state index in [-0.39, 0.29) is 5.54 Å². The van der Waals surface area contributed by atoms with Gasteiger partial charge in [0.25, 0.3) is 0 Å². The lowest BCUT2D eigenvalue weighted by atomic mass is 9.94. The summed E-state index contributed by atoms with van der Waals surface area (Å²) in [6.07, 6.45) is 2.69. The molecule has 116 valence electrons. The van der Waals surface area contributed by atoms with Crippen molar-refractivity contribution in [3.8, 4) is 0 Å². The normalized spacial score (nSPS) is 15.5. The average molecular weight is 292 g/mol. The van der Waals surface area contributed by atoms with Crippen molar-refractivity contribution in [1.82, 2.24) is 0 Å². The zero-order valence-electron chi connectivity index (χ0n) is 13.0. The fraction of sp³-hybridized carbons (Fsp3) is 1.00. The molecule has 1 atom stereocenters. The van der Waals surface area contributed by atoms with Crippen molar-refractivity contribution in [2.45, 2.75) is 58.5 Å². The molecule has 0 spiro atoms. The van der Waals surface area contributed by atoms with E-state index in [2.05, 4.69) is 0 Å². The molecule has 4 N–H and O–H groups in total. The van der Waals surface area contributed by atoms with Crippen molar-refractivity contribution < 1.29 is 13.3 Å². The molecule has 0 aromatic rings. The van der Waals surface area contributed by atoms with Crippen molar-refractivity contribution in [3.63, 3.8) is 0 Å². The first kappa shape index (κ1) is 19.0. The van der Waals surface area contributed by atoms with Crippen LogP contribution < -0.4 is 11.5 Å². The van der Waals surface area contributed by atoms with Gasteiger partial charge in [0.05, 0.1) is 0 Å². The molecule has 0 radical (unpaired) electrons. The molecule has 0 fully saturated rings. The molecule has 5 nitrogen and oxygen atoms in total. The van der Waals surface area contributed by atoms with Gasteiger partial charge in [-0.1, -0.05) is 0 Å². The predicted molar refractivity (Wildman–Crippen MR) is 80.9 cm³/mol. The maximum Gasteiger partial charge on any atom is 0.500 e. The van der Waals surface area contributed by atoms with Crippen LogP contribution in [0.2, 0.25) is 6.04 Å². The Morgan fingerprint density at radius 3 is 1.79 bits per heavy atom. The van der Waals surface area contributed by atoms with Gasteiger partial charge in [0.15, 0.2) is 0 Å². The first-order chi connectivity index (χ1) is 8.95. The average Bonchev–Trinajstić information content (AvgIpc) is 2.29. The second-order valence-electron chi connectivity index (χ2n) is 5.03. The molecule has 0 saturated carbocycles. The zero-order valence-corrected chi connectivity index (χ0v) is 14.0. The third kappa shape index (κ3) is 8.01. The van der Waals surface area contributed by atoms with E-state index < -0.39 is 8.80 Å². The van der Waals surface area contributed by atoms with Crippen LogP contribution >= 0.6 is 0 Å². The van der Waals surface area contributed by atoms with Crippen molar-refractivity contribution in [2.75, 3.05) is 26.4 Å². The largest absolute Gasteiger partial charge is 0.500 e. The molecule has 6 heteroatoms. The number of rotatable bonds is 12. The molecule has 0 aromatic carbocycles. The highest BCUT2D eigenvalue weighted by Crippen LogP contribution is 2.22. The highest BCUT2D eigenvalue weighted by atomic mass is 28.4. The van der Waals surface area contributed by atoms with Gasteiger partial charge >= 0.3 is 8.80 Å². The van der Waals surface area contributed by atoms with Crippen LogP contribution in [0.5, 0.6) is 0 Å². The summed E-state index contributed by atoms with van der Waals surface area (Å²) in [5.74, 6) is 0. The van der Waals surface area contributed by atoms with Gasteiger partial charge in [-0.05, 0) is 53.5 Å². The van der Waals surface area contributed by atoms with Gasteiger partial charge < -0.3 is 24.7 Å². The monoisotopic (exact) mass is 292 g/mol. The van der Waals surface area contributed by atoms with E-state index in [1.165, 1.54) is 0 Å². The summed E-state index contributed by atoms with van der Waals surface area (Å²) < 4.78 is 17.4. The Balaban J connectivity index is 4.38. The van der Waals surface area contributed by atoms with Crippen molar-refractivity contribution in [2.24, 2.45) is 11.5 Å². The SMILES string of the molecule is CCO[Si](CCCC(C)(N)CCN)(OCC)OCC. The fourth-order valence-corrected chi connectivity index (χ4v) is 4.78. The van der Waals surface area contributed by atoms with Gasteiger partial charge in [-0.2, -0.15) is 0 Å². The molecule has 0 aliphatic rings. The minimum Gasteiger partial charge on any atom is -0.374 e. The standard InChI is InChI=1S/C13H32N2O3Si/c1-5-16-19(17-6-2,18-7-3)12-8-9-13(4,15)10-11-14/h5-12,14-15H2,1-4H3. The molecular weight excluding hydrogens is 260 g/mol. The summed E-state index contributed by atoms with van der Waals surface area (Å²) >= 11 is 0. The lowest BCUT2D eigenvalue weighted by molar-refractivity contribution is 0.0702. The van der Waals surface area contributed by atoms with Crippen LogP contribution in [-0.2, 0) is 13.3 Å². The Bertz CT molecular complexity index is 211. The van der Waals surface area contributed by atoms with Gasteiger partial charge in [0.2, 0.25) is 0 Å². The maximum atomic E-state index is 6.19. The van der Waals surface area contributed by atoms with Crippen LogP contribution in [0.4, 0.5) is 0 Å². The van der Waals surface area contributed by atoms with Crippen LogP contribution in [0.15, 0.2) is 0 Å². The van der Waals surface area contributed by atoms with E-state index in [4.69, 9.17) is 24.7 Å². The number of hydrogen-bond acceptors (Lipinski definition) is 5. The van der Waals surface area contributed by atoms with Crippen molar-refractivity contribution in [1.29, 1.82) is 0 Å². The van der Waals surface area contributed by atoms with Crippen molar-refractivity contribution >= 4 is 8.80 Å². The Morgan fingerprint density at radius 1 is 0.947 bits per heavy atom. The zero-order chi connectivity index (χ0) is 14.8. The van der Waals surface area contributed by atoms with Gasteiger partial charge in [-0.15, -0.1) is 0 Å². The summed E-state index contributed by atoms with van der Waals surface area (Å²) in [4.78, 5) is 0. The first-order valence-corrected chi connectivity index (χ1v) is 9.29. The highest BCUT2D eigenvalue weighted by Gasteiger charge is 2.40. The molecule has 0 saturated heterocycles. The second kappa shape index (κ2) is 9.85. The molecule has 1 unspecified atom stereocenters. The molecule has 19 heavy (non-hydrogen) atoms. The van der Waals surface area contributed by atoms with Gasteiger partial charge in [0, 0.05) is 31.4 Å². The molecule has 0 bridgehead atoms. The number of hydrogen-bond donors (Lipinski definition) is 2. The lowest BCUT2D eigenvalue weighted by Gasteiger charge is -2.30. The highest BCUT2D eigenvalue weighted by molar-refractivity contribution is 6.60. The number of nitrogens with two attached hydrogens (primary N) is 2. The quantitative estimate of drug-likeness (QED) is 0.537. The van der Waals surface area contributed by atoms with E-state index in [0.717, 1.165) is 25.3 Å². The third-order valence-electron chi connectivity index (χ3n) is 3.04. The molecule has 0 amide bonds. The topological polar surface area (TPSA) is 79.7 Å². The minimum absolute atomic E-state index is 0.209.